The van der Waals surface area contributed by atoms with Gasteiger partial charge < -0.3 is 15.5 Å². The molecule has 0 radical (unpaired) electrons. The minimum absolute atomic E-state index is 0.00589. The molecule has 34 heavy (non-hydrogen) atoms. The van der Waals surface area contributed by atoms with Gasteiger partial charge in [-0.2, -0.15) is 14.6 Å². The van der Waals surface area contributed by atoms with E-state index in [1.54, 1.807) is 12.1 Å². The van der Waals surface area contributed by atoms with Crippen molar-refractivity contribution in [3.05, 3.63) is 53.2 Å². The Morgan fingerprint density at radius 2 is 2.06 bits per heavy atom. The molecule has 1 aliphatic carbocycles. The van der Waals surface area contributed by atoms with Crippen molar-refractivity contribution in [3.63, 3.8) is 0 Å². The summed E-state index contributed by atoms with van der Waals surface area (Å²) in [4.78, 5) is 36.0. The molecule has 0 saturated carbocycles. The van der Waals surface area contributed by atoms with Gasteiger partial charge in [-0.05, 0) is 49.8 Å². The molecule has 2 aromatic heterocycles. The molecule has 2 aliphatic rings. The van der Waals surface area contributed by atoms with Crippen molar-refractivity contribution in [1.29, 1.82) is 0 Å². The average Bonchev–Trinajstić information content (AvgIpc) is 3.46. The maximum atomic E-state index is 13.6. The van der Waals surface area contributed by atoms with Crippen LogP contribution in [0.25, 0.3) is 5.78 Å². The van der Waals surface area contributed by atoms with Crippen LogP contribution in [0.5, 0.6) is 0 Å². The predicted octanol–water partition coefficient (Wildman–Crippen LogP) is 1.58. The lowest BCUT2D eigenvalue weighted by Gasteiger charge is -2.35. The number of rotatable bonds is 6. The zero-order valence-electron chi connectivity index (χ0n) is 19.1. The van der Waals surface area contributed by atoms with Gasteiger partial charge in [0.25, 0.3) is 5.78 Å². The average molecular weight is 466 g/mol. The number of aryl methyl sites for hydroxylation is 1. The lowest BCUT2D eigenvalue weighted by Crippen LogP contribution is -2.52. The number of aromatic nitrogens is 4. The fraction of sp³-hybridized carbons (Fsp3) is 0.458. The van der Waals surface area contributed by atoms with Crippen LogP contribution >= 0.6 is 0 Å². The first-order chi connectivity index (χ1) is 16.5. The third-order valence-electron chi connectivity index (χ3n) is 6.59. The summed E-state index contributed by atoms with van der Waals surface area (Å²) in [7, 11) is 0. The standard InChI is InChI=1S/C24H28FN7O2/c1-15(33)28-21(13-16-4-2-5-17(25)12-16)22(34)29-18-8-10-31(11-9-18)23-19-6-3-7-20(19)30-24-26-14-27-32(23)24/h2,4-5,12,14,18,21H,3,6-11,13H2,1H3,(H,28,33)(H,29,34)/t21-/m0/s1. The number of fused-ring (bicyclic) bond motifs is 2. The van der Waals surface area contributed by atoms with Crippen LogP contribution in [0.3, 0.4) is 0 Å². The summed E-state index contributed by atoms with van der Waals surface area (Å²) in [6, 6.07) is 5.34. The van der Waals surface area contributed by atoms with E-state index in [1.165, 1.54) is 30.9 Å². The Bertz CT molecular complexity index is 1220. The van der Waals surface area contributed by atoms with Gasteiger partial charge in [-0.3, -0.25) is 9.59 Å². The van der Waals surface area contributed by atoms with Gasteiger partial charge in [0.2, 0.25) is 11.8 Å². The lowest BCUT2D eigenvalue weighted by molar-refractivity contribution is -0.128. The number of hydrogen-bond acceptors (Lipinski definition) is 6. The number of benzene rings is 1. The van der Waals surface area contributed by atoms with Crippen molar-refractivity contribution in [2.75, 3.05) is 18.0 Å². The summed E-state index contributed by atoms with van der Waals surface area (Å²) in [5.74, 6) is 0.788. The molecule has 1 atom stereocenters. The number of hydrogen-bond donors (Lipinski definition) is 2. The van der Waals surface area contributed by atoms with E-state index in [4.69, 9.17) is 0 Å². The molecule has 1 saturated heterocycles. The quantitative estimate of drug-likeness (QED) is 0.573. The number of carbonyl (C=O) groups is 2. The predicted molar refractivity (Wildman–Crippen MR) is 124 cm³/mol. The number of anilines is 1. The second kappa shape index (κ2) is 9.36. The first-order valence-electron chi connectivity index (χ1n) is 11.8. The Labute approximate surface area is 196 Å². The van der Waals surface area contributed by atoms with E-state index in [2.05, 4.69) is 30.6 Å². The largest absolute Gasteiger partial charge is 0.356 e. The molecule has 3 aromatic rings. The van der Waals surface area contributed by atoms with Crippen LogP contribution in [0.1, 0.15) is 43.0 Å². The summed E-state index contributed by atoms with van der Waals surface area (Å²) in [6.07, 6.45) is 6.35. The zero-order valence-corrected chi connectivity index (χ0v) is 19.1. The van der Waals surface area contributed by atoms with Crippen LogP contribution in [0.4, 0.5) is 10.2 Å². The Kier molecular flexibility index (Phi) is 6.12. The molecular weight excluding hydrogens is 437 g/mol. The van der Waals surface area contributed by atoms with Gasteiger partial charge >= 0.3 is 0 Å². The minimum atomic E-state index is -0.754. The van der Waals surface area contributed by atoms with Crippen LogP contribution in [-0.2, 0) is 28.9 Å². The first-order valence-corrected chi connectivity index (χ1v) is 11.8. The van der Waals surface area contributed by atoms with Gasteiger partial charge in [0, 0.05) is 38.0 Å². The number of carbonyl (C=O) groups excluding carboxylic acids is 2. The minimum Gasteiger partial charge on any atom is -0.356 e. The fourth-order valence-corrected chi connectivity index (χ4v) is 5.02. The first kappa shape index (κ1) is 22.2. The summed E-state index contributed by atoms with van der Waals surface area (Å²) in [5.41, 5.74) is 3.02. The molecule has 1 aromatic carbocycles. The van der Waals surface area contributed by atoms with E-state index >= 15 is 0 Å². The van der Waals surface area contributed by atoms with E-state index in [-0.39, 0.29) is 30.1 Å². The van der Waals surface area contributed by atoms with Crippen LogP contribution < -0.4 is 15.5 Å². The Morgan fingerprint density at radius 3 is 2.82 bits per heavy atom. The Balaban J connectivity index is 1.25. The SMILES string of the molecule is CC(=O)N[C@@H](Cc1cccc(F)c1)C(=O)NC1CCN(c2c3c(nc4ncnn24)CCC3)CC1. The van der Waals surface area contributed by atoms with Crippen LogP contribution in [0.2, 0.25) is 0 Å². The van der Waals surface area contributed by atoms with Crippen LogP contribution in [0, 0.1) is 5.82 Å². The third kappa shape index (κ3) is 4.57. The number of piperidine rings is 1. The zero-order chi connectivity index (χ0) is 23.7. The Hall–Kier alpha value is -3.56. The molecule has 178 valence electrons. The van der Waals surface area contributed by atoms with Gasteiger partial charge in [0.1, 0.15) is 24.0 Å². The van der Waals surface area contributed by atoms with E-state index in [9.17, 15) is 14.0 Å². The maximum Gasteiger partial charge on any atom is 0.254 e. The van der Waals surface area contributed by atoms with Crippen molar-refractivity contribution in [2.45, 2.75) is 57.5 Å². The number of halogens is 1. The summed E-state index contributed by atoms with van der Waals surface area (Å²) < 4.78 is 15.4. The summed E-state index contributed by atoms with van der Waals surface area (Å²) >= 11 is 0. The molecule has 2 amide bonds. The maximum absolute atomic E-state index is 13.6. The van der Waals surface area contributed by atoms with E-state index in [1.807, 2.05) is 4.52 Å². The van der Waals surface area contributed by atoms with E-state index < -0.39 is 6.04 Å². The van der Waals surface area contributed by atoms with Gasteiger partial charge in [0.15, 0.2) is 0 Å². The third-order valence-corrected chi connectivity index (χ3v) is 6.59. The molecule has 1 aliphatic heterocycles. The van der Waals surface area contributed by atoms with Crippen molar-refractivity contribution in [3.8, 4) is 0 Å². The molecule has 0 unspecified atom stereocenters. The molecule has 5 rings (SSSR count). The highest BCUT2D eigenvalue weighted by atomic mass is 19.1. The van der Waals surface area contributed by atoms with Crippen molar-refractivity contribution in [2.24, 2.45) is 0 Å². The second-order valence-electron chi connectivity index (χ2n) is 9.04. The van der Waals surface area contributed by atoms with Crippen molar-refractivity contribution < 1.29 is 14.0 Å². The molecule has 2 N–H and O–H groups in total. The van der Waals surface area contributed by atoms with Gasteiger partial charge in [-0.25, -0.2) is 9.37 Å². The molecule has 10 heteroatoms. The van der Waals surface area contributed by atoms with E-state index in [0.717, 1.165) is 56.7 Å². The van der Waals surface area contributed by atoms with Crippen LogP contribution in [-0.4, -0.2) is 56.6 Å². The van der Waals surface area contributed by atoms with Crippen molar-refractivity contribution >= 4 is 23.4 Å². The smallest absolute Gasteiger partial charge is 0.254 e. The summed E-state index contributed by atoms with van der Waals surface area (Å²) in [6.45, 7) is 2.92. The highest BCUT2D eigenvalue weighted by Crippen LogP contribution is 2.32. The Morgan fingerprint density at radius 1 is 1.24 bits per heavy atom. The molecule has 3 heterocycles. The monoisotopic (exact) mass is 465 g/mol. The van der Waals surface area contributed by atoms with Gasteiger partial charge in [-0.15, -0.1) is 0 Å². The summed E-state index contributed by atoms with van der Waals surface area (Å²) in [5, 5.41) is 10.2. The molecule has 0 spiro atoms. The molecular formula is C24H28FN7O2. The molecule has 1 fully saturated rings. The lowest BCUT2D eigenvalue weighted by atomic mass is 10.0. The van der Waals surface area contributed by atoms with Crippen LogP contribution in [0.15, 0.2) is 30.6 Å². The number of nitrogens with one attached hydrogen (secondary N) is 2. The second-order valence-corrected chi connectivity index (χ2v) is 9.04. The highest BCUT2D eigenvalue weighted by Gasteiger charge is 2.29. The normalized spacial score (nSPS) is 16.9. The van der Waals surface area contributed by atoms with E-state index in [0.29, 0.717) is 11.3 Å². The van der Waals surface area contributed by atoms with Gasteiger partial charge in [0.05, 0.1) is 5.69 Å². The van der Waals surface area contributed by atoms with Crippen molar-refractivity contribution in [1.82, 2.24) is 30.2 Å². The topological polar surface area (TPSA) is 105 Å². The highest BCUT2D eigenvalue weighted by molar-refractivity contribution is 5.87. The number of amides is 2. The number of nitrogens with zero attached hydrogens (tertiary/aromatic N) is 5. The molecule has 9 nitrogen and oxygen atoms in total. The molecule has 0 bridgehead atoms. The fourth-order valence-electron chi connectivity index (χ4n) is 5.02. The van der Waals surface area contributed by atoms with Gasteiger partial charge in [-0.1, -0.05) is 12.1 Å².